The Kier molecular flexibility index (Phi) is 4.02. The largest absolute Gasteiger partial charge is 0.307 e. The molecule has 0 saturated heterocycles. The number of halogens is 1. The van der Waals surface area contributed by atoms with Gasteiger partial charge in [0.15, 0.2) is 0 Å². The zero-order chi connectivity index (χ0) is 15.9. The first-order chi connectivity index (χ1) is 10.3. The highest BCUT2D eigenvalue weighted by atomic mass is 79.9. The molecule has 22 heavy (non-hydrogen) atoms. The summed E-state index contributed by atoms with van der Waals surface area (Å²) < 4.78 is 3.23. The summed E-state index contributed by atoms with van der Waals surface area (Å²) in [6, 6.07) is 6.51. The lowest BCUT2D eigenvalue weighted by Gasteiger charge is -2.29. The molecule has 1 aromatic heterocycles. The fourth-order valence-electron chi connectivity index (χ4n) is 2.82. The van der Waals surface area contributed by atoms with Crippen molar-refractivity contribution in [1.29, 1.82) is 0 Å². The Balaban J connectivity index is 1.96. The summed E-state index contributed by atoms with van der Waals surface area (Å²) in [6.45, 7) is 6.20. The number of anilines is 1. The molecule has 1 amide bonds. The van der Waals surface area contributed by atoms with Gasteiger partial charge in [0.05, 0.1) is 11.0 Å². The highest BCUT2D eigenvalue weighted by molar-refractivity contribution is 9.10. The SMILES string of the molecule is CC(C)(C)CC(=O)Nc1nc2ccc(Br)cc2n1C1CCC1. The number of rotatable bonds is 3. The average Bonchev–Trinajstić information content (AvgIpc) is 2.63. The van der Waals surface area contributed by atoms with E-state index in [1.54, 1.807) is 0 Å². The molecule has 0 aliphatic heterocycles. The van der Waals surface area contributed by atoms with Crippen molar-refractivity contribution in [1.82, 2.24) is 9.55 Å². The number of aromatic nitrogens is 2. The molecule has 1 aliphatic rings. The molecular weight excluding hydrogens is 342 g/mol. The van der Waals surface area contributed by atoms with Crippen molar-refractivity contribution in [3.8, 4) is 0 Å². The van der Waals surface area contributed by atoms with Crippen molar-refractivity contribution in [2.75, 3.05) is 5.32 Å². The smallest absolute Gasteiger partial charge is 0.227 e. The standard InChI is InChI=1S/C17H22BrN3O/c1-17(2,3)10-15(22)20-16-19-13-8-7-11(18)9-14(13)21(16)12-5-4-6-12/h7-9,12H,4-6,10H2,1-3H3,(H,19,20,22). The van der Waals surface area contributed by atoms with Gasteiger partial charge in [0.25, 0.3) is 0 Å². The third kappa shape index (κ3) is 3.19. The Labute approximate surface area is 139 Å². The van der Waals surface area contributed by atoms with E-state index in [2.05, 4.69) is 57.6 Å². The number of hydrogen-bond donors (Lipinski definition) is 1. The van der Waals surface area contributed by atoms with Crippen LogP contribution in [0.3, 0.4) is 0 Å². The highest BCUT2D eigenvalue weighted by Gasteiger charge is 2.26. The summed E-state index contributed by atoms with van der Waals surface area (Å²) in [6.07, 6.45) is 4.04. The lowest BCUT2D eigenvalue weighted by atomic mass is 9.92. The summed E-state index contributed by atoms with van der Waals surface area (Å²) in [7, 11) is 0. The summed E-state index contributed by atoms with van der Waals surface area (Å²) >= 11 is 3.53. The van der Waals surface area contributed by atoms with E-state index >= 15 is 0 Å². The molecule has 1 heterocycles. The summed E-state index contributed by atoms with van der Waals surface area (Å²) in [5.41, 5.74) is 1.99. The van der Waals surface area contributed by atoms with Crippen molar-refractivity contribution >= 4 is 38.8 Å². The van der Waals surface area contributed by atoms with Gasteiger partial charge in [-0.15, -0.1) is 0 Å². The van der Waals surface area contributed by atoms with Crippen molar-refractivity contribution in [3.05, 3.63) is 22.7 Å². The van der Waals surface area contributed by atoms with Crippen LogP contribution in [0.4, 0.5) is 5.95 Å². The first kappa shape index (κ1) is 15.5. The highest BCUT2D eigenvalue weighted by Crippen LogP contribution is 2.38. The Morgan fingerprint density at radius 1 is 1.41 bits per heavy atom. The fourth-order valence-corrected chi connectivity index (χ4v) is 3.17. The van der Waals surface area contributed by atoms with Gasteiger partial charge >= 0.3 is 0 Å². The molecule has 1 aromatic carbocycles. The van der Waals surface area contributed by atoms with Gasteiger partial charge in [0.2, 0.25) is 11.9 Å². The van der Waals surface area contributed by atoms with Crippen LogP contribution in [-0.2, 0) is 4.79 Å². The Morgan fingerprint density at radius 2 is 2.14 bits per heavy atom. The van der Waals surface area contributed by atoms with Crippen LogP contribution in [0, 0.1) is 5.41 Å². The molecule has 0 unspecified atom stereocenters. The topological polar surface area (TPSA) is 46.9 Å². The molecule has 4 nitrogen and oxygen atoms in total. The number of nitrogens with zero attached hydrogens (tertiary/aromatic N) is 2. The predicted octanol–water partition coefficient (Wildman–Crippen LogP) is 4.90. The number of amides is 1. The molecule has 1 fully saturated rings. The number of imidazole rings is 1. The minimum Gasteiger partial charge on any atom is -0.307 e. The summed E-state index contributed by atoms with van der Waals surface area (Å²) in [5.74, 6) is 0.717. The average molecular weight is 364 g/mol. The van der Waals surface area contributed by atoms with Crippen LogP contribution in [0.2, 0.25) is 0 Å². The summed E-state index contributed by atoms with van der Waals surface area (Å²) in [4.78, 5) is 16.9. The van der Waals surface area contributed by atoms with Gasteiger partial charge in [0, 0.05) is 16.9 Å². The van der Waals surface area contributed by atoms with Gasteiger partial charge in [-0.1, -0.05) is 36.7 Å². The van der Waals surface area contributed by atoms with E-state index < -0.39 is 0 Å². The van der Waals surface area contributed by atoms with Gasteiger partial charge < -0.3 is 4.57 Å². The van der Waals surface area contributed by atoms with E-state index in [0.717, 1.165) is 28.3 Å². The second-order valence-corrected chi connectivity index (χ2v) is 8.22. The lowest BCUT2D eigenvalue weighted by molar-refractivity contribution is -0.117. The van der Waals surface area contributed by atoms with Crippen LogP contribution >= 0.6 is 15.9 Å². The second kappa shape index (κ2) is 5.69. The van der Waals surface area contributed by atoms with E-state index in [9.17, 15) is 4.79 Å². The van der Waals surface area contributed by atoms with Crippen LogP contribution in [0.25, 0.3) is 11.0 Å². The predicted molar refractivity (Wildman–Crippen MR) is 93.0 cm³/mol. The lowest BCUT2D eigenvalue weighted by Crippen LogP contribution is -2.24. The maximum absolute atomic E-state index is 12.3. The molecule has 0 spiro atoms. The number of carbonyl (C=O) groups is 1. The number of nitrogens with one attached hydrogen (secondary N) is 1. The van der Waals surface area contributed by atoms with Crippen LogP contribution in [-0.4, -0.2) is 15.5 Å². The molecular formula is C17H22BrN3O. The second-order valence-electron chi connectivity index (χ2n) is 7.31. The molecule has 1 saturated carbocycles. The molecule has 5 heteroatoms. The van der Waals surface area contributed by atoms with Crippen LogP contribution < -0.4 is 5.32 Å². The van der Waals surface area contributed by atoms with Crippen LogP contribution in [0.5, 0.6) is 0 Å². The van der Waals surface area contributed by atoms with Gasteiger partial charge in [0.1, 0.15) is 0 Å². The minimum atomic E-state index is -0.0274. The zero-order valence-electron chi connectivity index (χ0n) is 13.3. The van der Waals surface area contributed by atoms with Gasteiger partial charge in [-0.05, 0) is 42.9 Å². The van der Waals surface area contributed by atoms with E-state index in [-0.39, 0.29) is 11.3 Å². The van der Waals surface area contributed by atoms with E-state index in [1.165, 1.54) is 6.42 Å². The molecule has 0 bridgehead atoms. The monoisotopic (exact) mass is 363 g/mol. The molecule has 3 rings (SSSR count). The van der Waals surface area contributed by atoms with E-state index in [4.69, 9.17) is 0 Å². The van der Waals surface area contributed by atoms with Crippen molar-refractivity contribution < 1.29 is 4.79 Å². The number of carbonyl (C=O) groups excluding carboxylic acids is 1. The van der Waals surface area contributed by atoms with Gasteiger partial charge in [-0.2, -0.15) is 0 Å². The van der Waals surface area contributed by atoms with Gasteiger partial charge in [-0.25, -0.2) is 4.98 Å². The number of fused-ring (bicyclic) bond motifs is 1. The van der Waals surface area contributed by atoms with Crippen LogP contribution in [0.1, 0.15) is 52.5 Å². The minimum absolute atomic E-state index is 0.0274. The summed E-state index contributed by atoms with van der Waals surface area (Å²) in [5, 5.41) is 3.02. The number of benzene rings is 1. The first-order valence-corrected chi connectivity index (χ1v) is 8.60. The third-order valence-electron chi connectivity index (χ3n) is 4.03. The molecule has 0 atom stereocenters. The van der Waals surface area contributed by atoms with Crippen LogP contribution in [0.15, 0.2) is 22.7 Å². The fraction of sp³-hybridized carbons (Fsp3) is 0.529. The third-order valence-corrected chi connectivity index (χ3v) is 4.53. The normalized spacial score (nSPS) is 15.8. The quantitative estimate of drug-likeness (QED) is 0.842. The van der Waals surface area contributed by atoms with Crippen molar-refractivity contribution in [2.45, 2.75) is 52.5 Å². The molecule has 2 aromatic rings. The molecule has 118 valence electrons. The van der Waals surface area contributed by atoms with E-state index in [1.807, 2.05) is 12.1 Å². The zero-order valence-corrected chi connectivity index (χ0v) is 14.9. The first-order valence-electron chi connectivity index (χ1n) is 7.81. The van der Waals surface area contributed by atoms with Gasteiger partial charge in [-0.3, -0.25) is 10.1 Å². The van der Waals surface area contributed by atoms with Crippen molar-refractivity contribution in [2.24, 2.45) is 5.41 Å². The molecule has 1 aliphatic carbocycles. The Morgan fingerprint density at radius 3 is 2.73 bits per heavy atom. The van der Waals surface area contributed by atoms with Crippen molar-refractivity contribution in [3.63, 3.8) is 0 Å². The molecule has 0 radical (unpaired) electrons. The Bertz CT molecular complexity index is 710. The van der Waals surface area contributed by atoms with E-state index in [0.29, 0.717) is 18.4 Å². The Hall–Kier alpha value is -1.36. The maximum atomic E-state index is 12.3. The maximum Gasteiger partial charge on any atom is 0.227 e. The number of hydrogen-bond acceptors (Lipinski definition) is 2. The molecule has 1 N–H and O–H groups in total.